The van der Waals surface area contributed by atoms with Crippen LogP contribution in [0.2, 0.25) is 0 Å². The predicted molar refractivity (Wildman–Crippen MR) is 104 cm³/mol. The van der Waals surface area contributed by atoms with Gasteiger partial charge in [-0.15, -0.1) is 17.5 Å². The van der Waals surface area contributed by atoms with Crippen LogP contribution >= 0.6 is 12.4 Å². The number of benzene rings is 1. The standard InChI is InChI=1S/C18H24N6O2.ClH/c1-23(12-14-5-3-2-4-6-14)17(25)11-20-18(26)16-13-24(22-21-16)15-7-9-19-10-8-15;/h2-6,13,15,19H,7-12H2,1H3,(H,20,26);1H. The van der Waals surface area contributed by atoms with Gasteiger partial charge in [-0.05, 0) is 31.5 Å². The van der Waals surface area contributed by atoms with E-state index >= 15 is 0 Å². The maximum Gasteiger partial charge on any atom is 0.273 e. The summed E-state index contributed by atoms with van der Waals surface area (Å²) in [6.07, 6.45) is 3.59. The van der Waals surface area contributed by atoms with E-state index in [-0.39, 0.29) is 42.5 Å². The first kappa shape index (κ1) is 20.9. The van der Waals surface area contributed by atoms with Gasteiger partial charge in [-0.2, -0.15) is 0 Å². The van der Waals surface area contributed by atoms with Gasteiger partial charge < -0.3 is 15.5 Å². The minimum absolute atomic E-state index is 0. The highest BCUT2D eigenvalue weighted by atomic mass is 35.5. The third kappa shape index (κ3) is 5.77. The van der Waals surface area contributed by atoms with Crippen LogP contribution in [0.4, 0.5) is 0 Å². The quantitative estimate of drug-likeness (QED) is 0.765. The summed E-state index contributed by atoms with van der Waals surface area (Å²) >= 11 is 0. The van der Waals surface area contributed by atoms with Gasteiger partial charge in [0, 0.05) is 13.6 Å². The van der Waals surface area contributed by atoms with E-state index < -0.39 is 0 Å². The van der Waals surface area contributed by atoms with Crippen LogP contribution in [0.25, 0.3) is 0 Å². The molecule has 3 rings (SSSR count). The Bertz CT molecular complexity index is 745. The summed E-state index contributed by atoms with van der Waals surface area (Å²) in [6.45, 7) is 2.31. The molecule has 0 radical (unpaired) electrons. The van der Waals surface area contributed by atoms with E-state index in [0.717, 1.165) is 31.5 Å². The Balaban J connectivity index is 0.00000261. The molecule has 0 aliphatic carbocycles. The number of nitrogens with zero attached hydrogens (tertiary/aromatic N) is 4. The van der Waals surface area contributed by atoms with Crippen LogP contribution in [0.5, 0.6) is 0 Å². The first-order chi connectivity index (χ1) is 12.6. The summed E-state index contributed by atoms with van der Waals surface area (Å²) in [5.74, 6) is -0.542. The summed E-state index contributed by atoms with van der Waals surface area (Å²) in [5, 5.41) is 13.9. The number of piperidine rings is 1. The summed E-state index contributed by atoms with van der Waals surface area (Å²) in [5.41, 5.74) is 1.28. The van der Waals surface area contributed by atoms with Crippen molar-refractivity contribution in [1.82, 2.24) is 30.5 Å². The van der Waals surface area contributed by atoms with Crippen molar-refractivity contribution in [1.29, 1.82) is 0 Å². The molecule has 2 heterocycles. The van der Waals surface area contributed by atoms with E-state index in [0.29, 0.717) is 6.54 Å². The highest BCUT2D eigenvalue weighted by molar-refractivity contribution is 5.94. The van der Waals surface area contributed by atoms with Gasteiger partial charge in [-0.25, -0.2) is 4.68 Å². The van der Waals surface area contributed by atoms with Crippen molar-refractivity contribution >= 4 is 24.2 Å². The lowest BCUT2D eigenvalue weighted by Crippen LogP contribution is -2.38. The molecule has 0 bridgehead atoms. The fraction of sp³-hybridized carbons (Fsp3) is 0.444. The van der Waals surface area contributed by atoms with Crippen molar-refractivity contribution in [3.05, 3.63) is 47.8 Å². The second kappa shape index (κ2) is 10.0. The Morgan fingerprint density at radius 2 is 1.96 bits per heavy atom. The number of nitrogens with one attached hydrogen (secondary N) is 2. The molecule has 9 heteroatoms. The SMILES string of the molecule is CN(Cc1ccccc1)C(=O)CNC(=O)c1cn(C2CCNCC2)nn1.Cl. The first-order valence-corrected chi connectivity index (χ1v) is 8.82. The Morgan fingerprint density at radius 1 is 1.26 bits per heavy atom. The average Bonchev–Trinajstić information content (AvgIpc) is 3.17. The second-order valence-corrected chi connectivity index (χ2v) is 6.48. The molecule has 1 aliphatic rings. The number of carbonyl (C=O) groups excluding carboxylic acids is 2. The van der Waals surface area contributed by atoms with E-state index in [1.807, 2.05) is 30.3 Å². The Kier molecular flexibility index (Phi) is 7.75. The topological polar surface area (TPSA) is 92.2 Å². The fourth-order valence-corrected chi connectivity index (χ4v) is 2.96. The van der Waals surface area contributed by atoms with Crippen LogP contribution in [-0.2, 0) is 11.3 Å². The van der Waals surface area contributed by atoms with Crippen LogP contribution in [0, 0.1) is 0 Å². The summed E-state index contributed by atoms with van der Waals surface area (Å²) in [6, 6.07) is 9.98. The molecule has 2 aromatic rings. The minimum Gasteiger partial charge on any atom is -0.342 e. The van der Waals surface area contributed by atoms with Crippen LogP contribution in [0.15, 0.2) is 36.5 Å². The smallest absolute Gasteiger partial charge is 0.273 e. The van der Waals surface area contributed by atoms with Crippen molar-refractivity contribution < 1.29 is 9.59 Å². The third-order valence-electron chi connectivity index (χ3n) is 4.51. The molecule has 0 unspecified atom stereocenters. The van der Waals surface area contributed by atoms with Crippen LogP contribution in [-0.4, -0.2) is 58.4 Å². The van der Waals surface area contributed by atoms with Crippen LogP contribution in [0.3, 0.4) is 0 Å². The fourth-order valence-electron chi connectivity index (χ4n) is 2.96. The summed E-state index contributed by atoms with van der Waals surface area (Å²) in [4.78, 5) is 26.0. The molecule has 0 atom stereocenters. The van der Waals surface area contributed by atoms with Gasteiger partial charge in [-0.3, -0.25) is 9.59 Å². The number of carbonyl (C=O) groups is 2. The van der Waals surface area contributed by atoms with Gasteiger partial charge in [0.2, 0.25) is 5.91 Å². The third-order valence-corrected chi connectivity index (χ3v) is 4.51. The number of hydrogen-bond acceptors (Lipinski definition) is 5. The van der Waals surface area contributed by atoms with Gasteiger partial charge in [0.1, 0.15) is 0 Å². The number of amides is 2. The summed E-state index contributed by atoms with van der Waals surface area (Å²) < 4.78 is 1.75. The zero-order valence-corrected chi connectivity index (χ0v) is 16.1. The van der Waals surface area contributed by atoms with Gasteiger partial charge in [0.15, 0.2) is 5.69 Å². The maximum absolute atomic E-state index is 12.2. The zero-order valence-electron chi connectivity index (χ0n) is 15.3. The molecule has 2 amide bonds. The largest absolute Gasteiger partial charge is 0.342 e. The lowest BCUT2D eigenvalue weighted by molar-refractivity contribution is -0.129. The molecular formula is C18H25ClN6O2. The molecule has 1 aromatic carbocycles. The molecule has 1 aromatic heterocycles. The van der Waals surface area contributed by atoms with Gasteiger partial charge in [0.25, 0.3) is 5.91 Å². The maximum atomic E-state index is 12.2. The normalized spacial score (nSPS) is 14.3. The number of likely N-dealkylation sites (N-methyl/N-ethyl adjacent to an activating group) is 1. The van der Waals surface area contributed by atoms with E-state index in [2.05, 4.69) is 20.9 Å². The first-order valence-electron chi connectivity index (χ1n) is 8.82. The highest BCUT2D eigenvalue weighted by Gasteiger charge is 2.19. The molecule has 2 N–H and O–H groups in total. The van der Waals surface area contributed by atoms with Gasteiger partial charge in [0.05, 0.1) is 18.8 Å². The van der Waals surface area contributed by atoms with Crippen LogP contribution < -0.4 is 10.6 Å². The Hall–Kier alpha value is -2.45. The van der Waals surface area contributed by atoms with Crippen molar-refractivity contribution in [2.45, 2.75) is 25.4 Å². The molecule has 0 spiro atoms. The van der Waals surface area contributed by atoms with E-state index in [9.17, 15) is 9.59 Å². The second-order valence-electron chi connectivity index (χ2n) is 6.48. The lowest BCUT2D eigenvalue weighted by atomic mass is 10.1. The van der Waals surface area contributed by atoms with E-state index in [1.165, 1.54) is 0 Å². The van der Waals surface area contributed by atoms with E-state index in [1.54, 1.807) is 22.8 Å². The number of halogens is 1. The molecule has 1 saturated heterocycles. The molecule has 146 valence electrons. The molecule has 1 aliphatic heterocycles. The highest BCUT2D eigenvalue weighted by Crippen LogP contribution is 2.16. The minimum atomic E-state index is -0.383. The monoisotopic (exact) mass is 392 g/mol. The van der Waals surface area contributed by atoms with Crippen molar-refractivity contribution in [2.24, 2.45) is 0 Å². The lowest BCUT2D eigenvalue weighted by Gasteiger charge is -2.22. The number of aromatic nitrogens is 3. The molecule has 27 heavy (non-hydrogen) atoms. The van der Waals surface area contributed by atoms with Gasteiger partial charge >= 0.3 is 0 Å². The molecular weight excluding hydrogens is 368 g/mol. The Labute approximate surface area is 164 Å². The zero-order chi connectivity index (χ0) is 18.4. The predicted octanol–water partition coefficient (Wildman–Crippen LogP) is 1.01. The molecule has 0 saturated carbocycles. The van der Waals surface area contributed by atoms with Crippen LogP contribution in [0.1, 0.15) is 34.9 Å². The number of hydrogen-bond donors (Lipinski definition) is 2. The van der Waals surface area contributed by atoms with Crippen molar-refractivity contribution in [2.75, 3.05) is 26.7 Å². The molecule has 1 fully saturated rings. The molecule has 8 nitrogen and oxygen atoms in total. The number of rotatable bonds is 6. The Morgan fingerprint density at radius 3 is 2.67 bits per heavy atom. The average molecular weight is 393 g/mol. The van der Waals surface area contributed by atoms with Crippen molar-refractivity contribution in [3.8, 4) is 0 Å². The van der Waals surface area contributed by atoms with Gasteiger partial charge in [-0.1, -0.05) is 35.5 Å². The van der Waals surface area contributed by atoms with Crippen molar-refractivity contribution in [3.63, 3.8) is 0 Å². The van der Waals surface area contributed by atoms with E-state index in [4.69, 9.17) is 0 Å². The summed E-state index contributed by atoms with van der Waals surface area (Å²) in [7, 11) is 1.72.